The SMILES string of the molecule is c1ccc(-c2cc(-c3ccccc3)cc(-c3cc(-c4cc(-c5ccccc5)cc(-c5ccccc5)c4)cc(-n4c5c(c6cccnc64)CCCC5)c3)c2)cc1. The third kappa shape index (κ3) is 6.36. The highest BCUT2D eigenvalue weighted by atomic mass is 15.1. The summed E-state index contributed by atoms with van der Waals surface area (Å²) in [5.41, 5.74) is 19.4. The van der Waals surface area contributed by atoms with Crippen LogP contribution < -0.4 is 0 Å². The second-order valence-corrected chi connectivity index (χ2v) is 14.7. The number of benzene rings is 7. The fraction of sp³-hybridized carbons (Fsp3) is 0.0755. The van der Waals surface area contributed by atoms with E-state index >= 15 is 0 Å². The lowest BCUT2D eigenvalue weighted by Gasteiger charge is -2.19. The molecule has 1 aliphatic carbocycles. The van der Waals surface area contributed by atoms with E-state index in [9.17, 15) is 0 Å². The van der Waals surface area contributed by atoms with Crippen LogP contribution in [0.25, 0.3) is 83.5 Å². The third-order valence-electron chi connectivity index (χ3n) is 11.2. The Labute approximate surface area is 323 Å². The van der Waals surface area contributed by atoms with Gasteiger partial charge in [-0.25, -0.2) is 4.98 Å². The van der Waals surface area contributed by atoms with Gasteiger partial charge in [0.1, 0.15) is 5.65 Å². The first kappa shape index (κ1) is 32.8. The minimum Gasteiger partial charge on any atom is -0.298 e. The molecule has 9 aromatic rings. The van der Waals surface area contributed by atoms with E-state index in [0.29, 0.717) is 0 Å². The van der Waals surface area contributed by atoms with Crippen molar-refractivity contribution >= 4 is 11.0 Å². The molecule has 0 spiro atoms. The Morgan fingerprint density at radius 3 is 1.13 bits per heavy atom. The number of aryl methyl sites for hydroxylation is 1. The molecule has 7 aromatic carbocycles. The number of pyridine rings is 1. The van der Waals surface area contributed by atoms with E-state index in [1.807, 2.05) is 6.20 Å². The molecule has 0 N–H and O–H groups in total. The lowest BCUT2D eigenvalue weighted by molar-refractivity contribution is 0.666. The van der Waals surface area contributed by atoms with Gasteiger partial charge in [-0.1, -0.05) is 121 Å². The topological polar surface area (TPSA) is 17.8 Å². The number of rotatable bonds is 7. The summed E-state index contributed by atoms with van der Waals surface area (Å²) in [7, 11) is 0. The van der Waals surface area contributed by atoms with Gasteiger partial charge in [0.2, 0.25) is 0 Å². The van der Waals surface area contributed by atoms with Gasteiger partial charge in [0, 0.05) is 23.0 Å². The Bertz CT molecular complexity index is 2520. The molecule has 0 atom stereocenters. The molecule has 0 amide bonds. The van der Waals surface area contributed by atoms with Gasteiger partial charge in [-0.3, -0.25) is 4.57 Å². The van der Waals surface area contributed by atoms with Crippen molar-refractivity contribution in [3.05, 3.63) is 206 Å². The van der Waals surface area contributed by atoms with E-state index in [0.717, 1.165) is 24.2 Å². The minimum atomic E-state index is 1.04. The van der Waals surface area contributed by atoms with Crippen molar-refractivity contribution in [2.45, 2.75) is 25.7 Å². The molecule has 0 saturated carbocycles. The molecule has 2 heterocycles. The lowest BCUT2D eigenvalue weighted by atomic mass is 9.90. The van der Waals surface area contributed by atoms with E-state index in [1.54, 1.807) is 0 Å². The zero-order chi connectivity index (χ0) is 36.6. The first-order valence-corrected chi connectivity index (χ1v) is 19.4. The van der Waals surface area contributed by atoms with E-state index in [-0.39, 0.29) is 0 Å². The van der Waals surface area contributed by atoms with Crippen LogP contribution in [0.2, 0.25) is 0 Å². The smallest absolute Gasteiger partial charge is 0.144 e. The molecule has 55 heavy (non-hydrogen) atoms. The largest absolute Gasteiger partial charge is 0.298 e. The Kier molecular flexibility index (Phi) is 8.50. The summed E-state index contributed by atoms with van der Waals surface area (Å²) in [5.74, 6) is 0. The number of fused-ring (bicyclic) bond motifs is 3. The molecule has 0 saturated heterocycles. The molecule has 0 fully saturated rings. The summed E-state index contributed by atoms with van der Waals surface area (Å²) in [4.78, 5) is 5.05. The number of nitrogens with zero attached hydrogens (tertiary/aromatic N) is 2. The van der Waals surface area contributed by atoms with Crippen molar-refractivity contribution < 1.29 is 0 Å². The number of aromatic nitrogens is 2. The fourth-order valence-corrected chi connectivity index (χ4v) is 8.49. The van der Waals surface area contributed by atoms with Crippen LogP contribution in [0.3, 0.4) is 0 Å². The summed E-state index contributed by atoms with van der Waals surface area (Å²) < 4.78 is 2.47. The normalized spacial score (nSPS) is 12.4. The predicted molar refractivity (Wildman–Crippen MR) is 230 cm³/mol. The zero-order valence-corrected chi connectivity index (χ0v) is 30.7. The van der Waals surface area contributed by atoms with Gasteiger partial charge >= 0.3 is 0 Å². The van der Waals surface area contributed by atoms with Gasteiger partial charge < -0.3 is 0 Å². The average molecular weight is 705 g/mol. The van der Waals surface area contributed by atoms with Crippen LogP contribution in [-0.2, 0) is 12.8 Å². The molecule has 2 aromatic heterocycles. The molecule has 0 unspecified atom stereocenters. The first-order valence-electron chi connectivity index (χ1n) is 19.4. The summed E-state index contributed by atoms with van der Waals surface area (Å²) in [6.45, 7) is 0. The zero-order valence-electron chi connectivity index (χ0n) is 30.7. The van der Waals surface area contributed by atoms with Crippen LogP contribution in [-0.4, -0.2) is 9.55 Å². The maximum absolute atomic E-state index is 5.05. The van der Waals surface area contributed by atoms with Gasteiger partial charge in [-0.15, -0.1) is 0 Å². The summed E-state index contributed by atoms with van der Waals surface area (Å²) in [6.07, 6.45) is 6.50. The van der Waals surface area contributed by atoms with E-state index in [1.165, 1.54) is 96.2 Å². The summed E-state index contributed by atoms with van der Waals surface area (Å²) >= 11 is 0. The quantitative estimate of drug-likeness (QED) is 0.161. The van der Waals surface area contributed by atoms with Crippen LogP contribution in [0.5, 0.6) is 0 Å². The highest BCUT2D eigenvalue weighted by molar-refractivity contribution is 5.89. The standard InChI is InChI=1S/C53H40N2/c1-5-16-37(17-6-1)41-28-42(38-18-7-2-8-19-38)31-45(30-41)47-34-48(36-49(35-47)55-52-26-14-13-24-50(52)51-25-15-27-54-53(51)55)46-32-43(39-20-9-3-10-21-39)29-44(33-46)40-22-11-4-12-23-40/h1-12,15-23,25,27-36H,13-14,24,26H2. The molecular formula is C53H40N2. The Morgan fingerprint density at radius 2 is 0.709 bits per heavy atom. The second kappa shape index (κ2) is 14.2. The van der Waals surface area contributed by atoms with Crippen LogP contribution in [0.15, 0.2) is 194 Å². The lowest BCUT2D eigenvalue weighted by Crippen LogP contribution is -2.07. The van der Waals surface area contributed by atoms with Crippen molar-refractivity contribution in [3.63, 3.8) is 0 Å². The molecule has 0 radical (unpaired) electrons. The molecule has 0 bridgehead atoms. The summed E-state index contributed by atoms with van der Waals surface area (Å²) in [6, 6.07) is 68.7. The number of hydrogen-bond acceptors (Lipinski definition) is 1. The Balaban J connectivity index is 1.25. The average Bonchev–Trinajstić information content (AvgIpc) is 3.61. The van der Waals surface area contributed by atoms with Crippen molar-refractivity contribution in [1.29, 1.82) is 0 Å². The second-order valence-electron chi connectivity index (χ2n) is 14.7. The van der Waals surface area contributed by atoms with Crippen molar-refractivity contribution in [3.8, 4) is 72.4 Å². The predicted octanol–water partition coefficient (Wildman–Crippen LogP) is 13.9. The van der Waals surface area contributed by atoms with Gasteiger partial charge in [-0.05, 0) is 165 Å². The monoisotopic (exact) mass is 704 g/mol. The van der Waals surface area contributed by atoms with Gasteiger partial charge in [0.15, 0.2) is 0 Å². The number of hydrogen-bond donors (Lipinski definition) is 0. The maximum atomic E-state index is 5.05. The first-order chi connectivity index (χ1) is 27.2. The van der Waals surface area contributed by atoms with Gasteiger partial charge in [0.05, 0.1) is 0 Å². The van der Waals surface area contributed by atoms with Gasteiger partial charge in [0.25, 0.3) is 0 Å². The third-order valence-corrected chi connectivity index (χ3v) is 11.2. The van der Waals surface area contributed by atoms with Crippen LogP contribution in [0, 0.1) is 0 Å². The molecule has 262 valence electrons. The van der Waals surface area contributed by atoms with Crippen LogP contribution in [0.4, 0.5) is 0 Å². The van der Waals surface area contributed by atoms with E-state index in [2.05, 4.69) is 193 Å². The Hall–Kier alpha value is -6.77. The van der Waals surface area contributed by atoms with E-state index in [4.69, 9.17) is 4.98 Å². The van der Waals surface area contributed by atoms with Crippen molar-refractivity contribution in [2.75, 3.05) is 0 Å². The highest BCUT2D eigenvalue weighted by Crippen LogP contribution is 2.41. The fourth-order valence-electron chi connectivity index (χ4n) is 8.49. The molecular weight excluding hydrogens is 665 g/mol. The molecule has 1 aliphatic rings. The highest BCUT2D eigenvalue weighted by Gasteiger charge is 2.23. The molecule has 2 heteroatoms. The van der Waals surface area contributed by atoms with Crippen molar-refractivity contribution in [1.82, 2.24) is 9.55 Å². The Morgan fingerprint density at radius 1 is 0.345 bits per heavy atom. The summed E-state index contributed by atoms with van der Waals surface area (Å²) in [5, 5.41) is 1.28. The molecule has 2 nitrogen and oxygen atoms in total. The van der Waals surface area contributed by atoms with Crippen LogP contribution in [0.1, 0.15) is 24.1 Å². The van der Waals surface area contributed by atoms with E-state index < -0.39 is 0 Å². The molecule has 0 aliphatic heterocycles. The van der Waals surface area contributed by atoms with Gasteiger partial charge in [-0.2, -0.15) is 0 Å². The molecule has 10 rings (SSSR count). The minimum absolute atomic E-state index is 1.04. The van der Waals surface area contributed by atoms with Crippen LogP contribution >= 0.6 is 0 Å². The van der Waals surface area contributed by atoms with Crippen molar-refractivity contribution in [2.24, 2.45) is 0 Å². The maximum Gasteiger partial charge on any atom is 0.144 e.